The Hall–Kier alpha value is -2.80. The Bertz CT molecular complexity index is 1010. The predicted octanol–water partition coefficient (Wildman–Crippen LogP) is 5.87. The Morgan fingerprint density at radius 3 is 2.48 bits per heavy atom. The number of fused-ring (bicyclic) bond motifs is 1. The van der Waals surface area contributed by atoms with E-state index in [-0.39, 0.29) is 18.8 Å². The summed E-state index contributed by atoms with van der Waals surface area (Å²) < 4.78 is 46.2. The van der Waals surface area contributed by atoms with Crippen molar-refractivity contribution >= 4 is 28.5 Å². The Morgan fingerprint density at radius 1 is 1.10 bits per heavy atom. The molecule has 0 radical (unpaired) electrons. The van der Waals surface area contributed by atoms with Crippen LogP contribution in [0.15, 0.2) is 54.6 Å². The van der Waals surface area contributed by atoms with Crippen molar-refractivity contribution in [2.45, 2.75) is 25.6 Å². The fourth-order valence-electron chi connectivity index (χ4n) is 3.00. The second-order valence-electron chi connectivity index (χ2n) is 6.23. The van der Waals surface area contributed by atoms with E-state index < -0.39 is 18.2 Å². The van der Waals surface area contributed by atoms with Crippen LogP contribution < -0.4 is 4.74 Å². The first-order chi connectivity index (χ1) is 13.8. The minimum atomic E-state index is -4.78. The third-order valence-corrected chi connectivity index (χ3v) is 4.55. The number of hydrogen-bond donors (Lipinski definition) is 0. The van der Waals surface area contributed by atoms with E-state index in [1.165, 1.54) is 24.3 Å². The summed E-state index contributed by atoms with van der Waals surface area (Å²) in [5, 5.41) is 1.30. The van der Waals surface area contributed by atoms with Crippen LogP contribution >= 0.6 is 11.6 Å². The zero-order chi connectivity index (χ0) is 21.0. The topological polar surface area (TPSA) is 48.4 Å². The Balaban J connectivity index is 1.98. The summed E-state index contributed by atoms with van der Waals surface area (Å²) in [7, 11) is 0. The first kappa shape index (κ1) is 20.9. The van der Waals surface area contributed by atoms with Crippen molar-refractivity contribution < 1.29 is 27.4 Å². The second-order valence-corrected chi connectivity index (χ2v) is 6.63. The molecule has 2 aromatic carbocycles. The van der Waals surface area contributed by atoms with Crippen molar-refractivity contribution in [3.05, 3.63) is 70.9 Å². The van der Waals surface area contributed by atoms with E-state index >= 15 is 0 Å². The maximum atomic E-state index is 12.4. The Kier molecular flexibility index (Phi) is 6.27. The van der Waals surface area contributed by atoms with Gasteiger partial charge in [-0.25, -0.2) is 0 Å². The van der Waals surface area contributed by atoms with Gasteiger partial charge < -0.3 is 9.47 Å². The molecule has 0 aliphatic rings. The molecule has 3 rings (SSSR count). The summed E-state index contributed by atoms with van der Waals surface area (Å²) in [4.78, 5) is 16.7. The number of halogens is 4. The van der Waals surface area contributed by atoms with Gasteiger partial charge in [0.05, 0.1) is 23.6 Å². The summed E-state index contributed by atoms with van der Waals surface area (Å²) in [6.45, 7) is 1.92. The highest BCUT2D eigenvalue weighted by Gasteiger charge is 2.31. The van der Waals surface area contributed by atoms with Crippen LogP contribution in [-0.2, 0) is 9.53 Å². The molecule has 0 N–H and O–H groups in total. The number of carbonyl (C=O) groups is 1. The van der Waals surface area contributed by atoms with Gasteiger partial charge in [-0.1, -0.05) is 41.9 Å². The molecule has 1 unspecified atom stereocenters. The molecule has 29 heavy (non-hydrogen) atoms. The van der Waals surface area contributed by atoms with E-state index in [9.17, 15) is 18.0 Å². The van der Waals surface area contributed by atoms with Gasteiger partial charge in [-0.2, -0.15) is 0 Å². The fraction of sp³-hybridized carbons (Fsp3) is 0.238. The van der Waals surface area contributed by atoms with Crippen LogP contribution in [0, 0.1) is 0 Å². The molecular weight excluding hydrogens is 407 g/mol. The number of benzene rings is 2. The van der Waals surface area contributed by atoms with Crippen LogP contribution in [0.5, 0.6) is 5.75 Å². The molecule has 4 nitrogen and oxygen atoms in total. The van der Waals surface area contributed by atoms with Crippen molar-refractivity contribution in [3.8, 4) is 5.75 Å². The lowest BCUT2D eigenvalue weighted by Crippen LogP contribution is -2.17. The third kappa shape index (κ3) is 5.38. The lowest BCUT2D eigenvalue weighted by molar-refractivity contribution is -0.274. The van der Waals surface area contributed by atoms with Crippen LogP contribution in [0.4, 0.5) is 13.2 Å². The fourth-order valence-corrected chi connectivity index (χ4v) is 3.23. The van der Waals surface area contributed by atoms with Gasteiger partial charge in [0, 0.05) is 17.0 Å². The summed E-state index contributed by atoms with van der Waals surface area (Å²) >= 11 is 6.24. The molecule has 0 aliphatic heterocycles. The molecule has 8 heteroatoms. The number of aromatic nitrogens is 1. The molecule has 3 aromatic rings. The highest BCUT2D eigenvalue weighted by Crippen LogP contribution is 2.32. The molecule has 0 aliphatic carbocycles. The van der Waals surface area contributed by atoms with Gasteiger partial charge in [0.25, 0.3) is 0 Å². The highest BCUT2D eigenvalue weighted by atomic mass is 35.5. The standard InChI is InChI=1S/C21H17ClF3NO3/c1-2-28-19(27)12-16(13-6-9-15(10-7-13)29-21(23,24)25)18-11-8-14-4-3-5-17(22)20(14)26-18/h3-11,16H,2,12H2,1H3. The predicted molar refractivity (Wildman–Crippen MR) is 103 cm³/mol. The molecule has 1 heterocycles. The first-order valence-corrected chi connectivity index (χ1v) is 9.21. The van der Waals surface area contributed by atoms with Gasteiger partial charge in [-0.3, -0.25) is 9.78 Å². The van der Waals surface area contributed by atoms with E-state index in [0.717, 1.165) is 5.39 Å². The minimum Gasteiger partial charge on any atom is -0.466 e. The lowest BCUT2D eigenvalue weighted by atomic mass is 9.91. The lowest BCUT2D eigenvalue weighted by Gasteiger charge is -2.18. The highest BCUT2D eigenvalue weighted by molar-refractivity contribution is 6.35. The van der Waals surface area contributed by atoms with Gasteiger partial charge in [0.15, 0.2) is 0 Å². The molecule has 1 aromatic heterocycles. The minimum absolute atomic E-state index is 0.0176. The van der Waals surface area contributed by atoms with Crippen molar-refractivity contribution in [2.24, 2.45) is 0 Å². The smallest absolute Gasteiger partial charge is 0.466 e. The SMILES string of the molecule is CCOC(=O)CC(c1ccc(OC(F)(F)F)cc1)c1ccc2cccc(Cl)c2n1. The largest absolute Gasteiger partial charge is 0.573 e. The van der Waals surface area contributed by atoms with E-state index in [4.69, 9.17) is 16.3 Å². The van der Waals surface area contributed by atoms with Gasteiger partial charge in [-0.05, 0) is 36.8 Å². The molecule has 152 valence electrons. The van der Waals surface area contributed by atoms with Crippen molar-refractivity contribution in [1.29, 1.82) is 0 Å². The molecule has 0 bridgehead atoms. The number of esters is 1. The van der Waals surface area contributed by atoms with E-state index in [1.807, 2.05) is 18.2 Å². The normalized spacial score (nSPS) is 12.6. The Labute approximate surface area is 170 Å². The number of pyridine rings is 1. The molecule has 0 amide bonds. The number of ether oxygens (including phenoxy) is 2. The first-order valence-electron chi connectivity index (χ1n) is 8.83. The quantitative estimate of drug-likeness (QED) is 0.465. The van der Waals surface area contributed by atoms with E-state index in [1.54, 1.807) is 19.1 Å². The average molecular weight is 424 g/mol. The molecule has 0 spiro atoms. The molecular formula is C21H17ClF3NO3. The van der Waals surface area contributed by atoms with Crippen LogP contribution in [0.2, 0.25) is 5.02 Å². The zero-order valence-electron chi connectivity index (χ0n) is 15.4. The number of hydrogen-bond acceptors (Lipinski definition) is 4. The van der Waals surface area contributed by atoms with Gasteiger partial charge in [0.1, 0.15) is 5.75 Å². The maximum absolute atomic E-state index is 12.4. The van der Waals surface area contributed by atoms with E-state index in [2.05, 4.69) is 9.72 Å². The average Bonchev–Trinajstić information content (AvgIpc) is 2.66. The number of carbonyl (C=O) groups excluding carboxylic acids is 1. The second kappa shape index (κ2) is 8.69. The summed E-state index contributed by atoms with van der Waals surface area (Å²) in [5.41, 5.74) is 1.74. The molecule has 0 saturated carbocycles. The Morgan fingerprint density at radius 2 is 1.83 bits per heavy atom. The van der Waals surface area contributed by atoms with E-state index in [0.29, 0.717) is 21.8 Å². The van der Waals surface area contributed by atoms with Crippen LogP contribution in [-0.4, -0.2) is 23.9 Å². The number of para-hydroxylation sites is 1. The number of nitrogens with zero attached hydrogens (tertiary/aromatic N) is 1. The number of alkyl halides is 3. The zero-order valence-corrected chi connectivity index (χ0v) is 16.1. The van der Waals surface area contributed by atoms with Crippen molar-refractivity contribution in [1.82, 2.24) is 4.98 Å². The number of rotatable bonds is 6. The monoisotopic (exact) mass is 423 g/mol. The van der Waals surface area contributed by atoms with Crippen LogP contribution in [0.3, 0.4) is 0 Å². The van der Waals surface area contributed by atoms with Gasteiger partial charge >= 0.3 is 12.3 Å². The van der Waals surface area contributed by atoms with Crippen molar-refractivity contribution in [3.63, 3.8) is 0 Å². The van der Waals surface area contributed by atoms with Gasteiger partial charge in [0.2, 0.25) is 0 Å². The summed E-state index contributed by atoms with van der Waals surface area (Å²) in [6.07, 6.45) is -4.79. The molecule has 1 atom stereocenters. The summed E-state index contributed by atoms with van der Waals surface area (Å²) in [5.74, 6) is -1.30. The third-order valence-electron chi connectivity index (χ3n) is 4.24. The summed E-state index contributed by atoms with van der Waals surface area (Å²) in [6, 6.07) is 14.3. The van der Waals surface area contributed by atoms with Crippen LogP contribution in [0.1, 0.15) is 30.5 Å². The molecule has 0 fully saturated rings. The van der Waals surface area contributed by atoms with Gasteiger partial charge in [-0.15, -0.1) is 13.2 Å². The van der Waals surface area contributed by atoms with Crippen molar-refractivity contribution in [2.75, 3.05) is 6.61 Å². The maximum Gasteiger partial charge on any atom is 0.573 e. The van der Waals surface area contributed by atoms with Crippen LogP contribution in [0.25, 0.3) is 10.9 Å². The molecule has 0 saturated heterocycles.